The van der Waals surface area contributed by atoms with Crippen molar-refractivity contribution < 1.29 is 0 Å². The third-order valence-corrected chi connectivity index (χ3v) is 3.95. The summed E-state index contributed by atoms with van der Waals surface area (Å²) in [4.78, 5) is 4.62. The average Bonchev–Trinajstić information content (AvgIpc) is 2.39. The van der Waals surface area contributed by atoms with Crippen molar-refractivity contribution >= 4 is 28.3 Å². The maximum Gasteiger partial charge on any atom is 0.126 e. The number of nitrogens with two attached hydrogens (primary N) is 1. The zero-order valence-electron chi connectivity index (χ0n) is 10.8. The molecule has 0 bridgehead atoms. The quantitative estimate of drug-likeness (QED) is 0.881. The molecule has 1 aliphatic rings. The summed E-state index contributed by atoms with van der Waals surface area (Å²) in [7, 11) is 0. The number of fused-ring (bicyclic) bond motifs is 1. The normalized spacial score (nSPS) is 23.5. The molecule has 2 unspecified atom stereocenters. The fourth-order valence-electron chi connectivity index (χ4n) is 2.74. The fraction of sp³-hybridized carbons (Fsp3) is 0.400. The molecule has 1 saturated carbocycles. The lowest BCUT2D eigenvalue weighted by Gasteiger charge is -2.27. The van der Waals surface area contributed by atoms with Crippen molar-refractivity contribution in [3.05, 3.63) is 35.4 Å². The molecule has 2 atom stereocenters. The van der Waals surface area contributed by atoms with Gasteiger partial charge in [-0.05, 0) is 56.0 Å². The summed E-state index contributed by atoms with van der Waals surface area (Å²) < 4.78 is 0. The topological polar surface area (TPSA) is 50.9 Å². The van der Waals surface area contributed by atoms with Crippen LogP contribution in [0.15, 0.2) is 30.3 Å². The van der Waals surface area contributed by atoms with Crippen LogP contribution in [0.5, 0.6) is 0 Å². The minimum atomic E-state index is 0.325. The first kappa shape index (κ1) is 12.7. The number of nitrogens with one attached hydrogen (secondary N) is 1. The molecular weight excluding hydrogens is 258 g/mol. The molecule has 1 fully saturated rings. The van der Waals surface area contributed by atoms with Crippen molar-refractivity contribution in [3.8, 4) is 0 Å². The first-order chi connectivity index (χ1) is 9.20. The van der Waals surface area contributed by atoms with Crippen molar-refractivity contribution in [2.45, 2.75) is 37.8 Å². The highest BCUT2D eigenvalue weighted by atomic mass is 35.5. The number of aromatic nitrogens is 1. The van der Waals surface area contributed by atoms with Crippen LogP contribution in [0.25, 0.3) is 10.9 Å². The van der Waals surface area contributed by atoms with Gasteiger partial charge in [0.05, 0.1) is 5.52 Å². The molecular formula is C15H18ClN3. The molecule has 19 heavy (non-hydrogen) atoms. The predicted octanol–water partition coefficient (Wildman–Crippen LogP) is 3.57. The Morgan fingerprint density at radius 2 is 2.11 bits per heavy atom. The first-order valence-corrected chi connectivity index (χ1v) is 7.17. The van der Waals surface area contributed by atoms with Crippen molar-refractivity contribution in [2.24, 2.45) is 5.73 Å². The van der Waals surface area contributed by atoms with Gasteiger partial charge in [0, 0.05) is 22.5 Å². The van der Waals surface area contributed by atoms with E-state index in [1.54, 1.807) is 0 Å². The summed E-state index contributed by atoms with van der Waals surface area (Å²) in [6.45, 7) is 0. The molecule has 0 aliphatic heterocycles. The molecule has 0 spiro atoms. The Kier molecular flexibility index (Phi) is 3.58. The molecule has 3 nitrogen and oxygen atoms in total. The lowest BCUT2D eigenvalue weighted by Crippen LogP contribution is -2.35. The second-order valence-electron chi connectivity index (χ2n) is 5.30. The maximum atomic E-state index is 6.01. The summed E-state index contributed by atoms with van der Waals surface area (Å²) >= 11 is 5.97. The van der Waals surface area contributed by atoms with Crippen LogP contribution >= 0.6 is 11.6 Å². The highest BCUT2D eigenvalue weighted by molar-refractivity contribution is 6.31. The van der Waals surface area contributed by atoms with Gasteiger partial charge in [0.1, 0.15) is 5.82 Å². The summed E-state index contributed by atoms with van der Waals surface area (Å²) in [5.41, 5.74) is 6.98. The van der Waals surface area contributed by atoms with Crippen LogP contribution in [0, 0.1) is 0 Å². The largest absolute Gasteiger partial charge is 0.367 e. The van der Waals surface area contributed by atoms with Crippen LogP contribution in [0.4, 0.5) is 5.82 Å². The van der Waals surface area contributed by atoms with E-state index in [-0.39, 0.29) is 0 Å². The van der Waals surface area contributed by atoms with Gasteiger partial charge in [-0.15, -0.1) is 0 Å². The molecule has 3 N–H and O–H groups in total. The number of benzene rings is 1. The second-order valence-corrected chi connectivity index (χ2v) is 5.74. The molecule has 1 aromatic heterocycles. The Hall–Kier alpha value is -1.32. The SMILES string of the molecule is NC1CCCC(Nc2ccc3cc(Cl)ccc3n2)C1. The van der Waals surface area contributed by atoms with Gasteiger partial charge < -0.3 is 11.1 Å². The van der Waals surface area contributed by atoms with Crippen LogP contribution < -0.4 is 11.1 Å². The van der Waals surface area contributed by atoms with Gasteiger partial charge in [0.2, 0.25) is 0 Å². The van der Waals surface area contributed by atoms with E-state index < -0.39 is 0 Å². The molecule has 0 radical (unpaired) electrons. The van der Waals surface area contributed by atoms with Gasteiger partial charge in [-0.25, -0.2) is 4.98 Å². The van der Waals surface area contributed by atoms with Crippen LogP contribution in [0.1, 0.15) is 25.7 Å². The Bertz CT molecular complexity index is 585. The van der Waals surface area contributed by atoms with Crippen LogP contribution in [0.3, 0.4) is 0 Å². The molecule has 3 rings (SSSR count). The van der Waals surface area contributed by atoms with Crippen molar-refractivity contribution in [2.75, 3.05) is 5.32 Å². The number of nitrogens with zero attached hydrogens (tertiary/aromatic N) is 1. The maximum absolute atomic E-state index is 6.01. The molecule has 4 heteroatoms. The van der Waals surface area contributed by atoms with Crippen LogP contribution in [-0.4, -0.2) is 17.1 Å². The zero-order valence-corrected chi connectivity index (χ0v) is 11.5. The van der Waals surface area contributed by atoms with Crippen LogP contribution in [0.2, 0.25) is 5.02 Å². The van der Waals surface area contributed by atoms with E-state index in [4.69, 9.17) is 17.3 Å². The van der Waals surface area contributed by atoms with E-state index in [1.807, 2.05) is 24.3 Å². The molecule has 2 aromatic rings. The molecule has 1 aliphatic carbocycles. The first-order valence-electron chi connectivity index (χ1n) is 6.79. The lowest BCUT2D eigenvalue weighted by atomic mass is 9.92. The number of anilines is 1. The van der Waals surface area contributed by atoms with Gasteiger partial charge in [-0.1, -0.05) is 11.6 Å². The minimum Gasteiger partial charge on any atom is -0.367 e. The zero-order chi connectivity index (χ0) is 13.2. The van der Waals surface area contributed by atoms with Crippen LogP contribution in [-0.2, 0) is 0 Å². The summed E-state index contributed by atoms with van der Waals surface area (Å²) in [6, 6.07) is 10.6. The van der Waals surface area contributed by atoms with E-state index in [1.165, 1.54) is 12.8 Å². The van der Waals surface area contributed by atoms with E-state index in [0.717, 1.165) is 34.6 Å². The molecule has 1 aromatic carbocycles. The lowest BCUT2D eigenvalue weighted by molar-refractivity contribution is 0.409. The fourth-order valence-corrected chi connectivity index (χ4v) is 2.93. The number of pyridine rings is 1. The van der Waals surface area contributed by atoms with Crippen molar-refractivity contribution in [3.63, 3.8) is 0 Å². The Morgan fingerprint density at radius 3 is 2.95 bits per heavy atom. The summed E-state index contributed by atoms with van der Waals surface area (Å²) in [6.07, 6.45) is 4.54. The molecule has 1 heterocycles. The Labute approximate surface area is 118 Å². The van der Waals surface area contributed by atoms with E-state index in [9.17, 15) is 0 Å². The number of rotatable bonds is 2. The number of halogens is 1. The smallest absolute Gasteiger partial charge is 0.126 e. The van der Waals surface area contributed by atoms with Gasteiger partial charge in [-0.2, -0.15) is 0 Å². The summed E-state index contributed by atoms with van der Waals surface area (Å²) in [5, 5.41) is 5.31. The van der Waals surface area contributed by atoms with E-state index in [0.29, 0.717) is 12.1 Å². The standard InChI is InChI=1S/C15H18ClN3/c16-11-5-6-14-10(8-11)4-7-15(19-14)18-13-3-1-2-12(17)9-13/h4-8,12-13H,1-3,9,17H2,(H,18,19). The van der Waals surface area contributed by atoms with Crippen molar-refractivity contribution in [1.29, 1.82) is 0 Å². The third-order valence-electron chi connectivity index (χ3n) is 3.72. The average molecular weight is 276 g/mol. The highest BCUT2D eigenvalue weighted by Gasteiger charge is 2.19. The Morgan fingerprint density at radius 1 is 1.21 bits per heavy atom. The second kappa shape index (κ2) is 5.35. The monoisotopic (exact) mass is 275 g/mol. The molecule has 0 saturated heterocycles. The van der Waals surface area contributed by atoms with Gasteiger partial charge >= 0.3 is 0 Å². The highest BCUT2D eigenvalue weighted by Crippen LogP contribution is 2.23. The predicted molar refractivity (Wildman–Crippen MR) is 80.6 cm³/mol. The van der Waals surface area contributed by atoms with E-state index in [2.05, 4.69) is 16.4 Å². The third kappa shape index (κ3) is 2.99. The number of hydrogen-bond donors (Lipinski definition) is 2. The number of hydrogen-bond acceptors (Lipinski definition) is 3. The molecule has 100 valence electrons. The Balaban J connectivity index is 1.79. The van der Waals surface area contributed by atoms with E-state index >= 15 is 0 Å². The van der Waals surface area contributed by atoms with Gasteiger partial charge in [-0.3, -0.25) is 0 Å². The minimum absolute atomic E-state index is 0.325. The van der Waals surface area contributed by atoms with Gasteiger partial charge in [0.25, 0.3) is 0 Å². The van der Waals surface area contributed by atoms with Gasteiger partial charge in [0.15, 0.2) is 0 Å². The molecule has 0 amide bonds. The summed E-state index contributed by atoms with van der Waals surface area (Å²) in [5.74, 6) is 0.925. The van der Waals surface area contributed by atoms with Crippen molar-refractivity contribution in [1.82, 2.24) is 4.98 Å².